The average molecular weight is 272 g/mol. The molecular weight excluding hydrogens is 260 g/mol. The van der Waals surface area contributed by atoms with Crippen LogP contribution in [0.2, 0.25) is 0 Å². The van der Waals surface area contributed by atoms with Gasteiger partial charge in [0.05, 0.1) is 6.26 Å². The lowest BCUT2D eigenvalue weighted by molar-refractivity contribution is 0.0954. The van der Waals surface area contributed by atoms with Crippen LogP contribution in [0.4, 0.5) is 0 Å². The molecule has 1 aliphatic rings. The number of hydrogen-bond donors (Lipinski definition) is 1. The molecule has 0 atom stereocenters. The van der Waals surface area contributed by atoms with Crippen LogP contribution in [-0.4, -0.2) is 18.4 Å². The molecule has 2 heterocycles. The first-order chi connectivity index (χ1) is 9.74. The van der Waals surface area contributed by atoms with E-state index in [4.69, 9.17) is 13.9 Å². The second-order valence-corrected chi connectivity index (χ2v) is 4.18. The Hall–Kier alpha value is -2.76. The maximum atomic E-state index is 12.0. The van der Waals surface area contributed by atoms with E-state index in [0.29, 0.717) is 28.5 Å². The molecule has 1 amide bonds. The molecule has 1 aliphatic heterocycles. The van der Waals surface area contributed by atoms with E-state index in [2.05, 4.69) is 10.5 Å². The number of benzene rings is 1. The zero-order chi connectivity index (χ0) is 13.9. The number of amides is 1. The summed E-state index contributed by atoms with van der Waals surface area (Å²) < 4.78 is 15.6. The Kier molecular flexibility index (Phi) is 3.12. The number of fused-ring (bicyclic) bond motifs is 1. The van der Waals surface area contributed by atoms with Crippen molar-refractivity contribution in [1.82, 2.24) is 5.43 Å². The van der Waals surface area contributed by atoms with E-state index < -0.39 is 0 Å². The van der Waals surface area contributed by atoms with Gasteiger partial charge in [0.15, 0.2) is 11.5 Å². The summed E-state index contributed by atoms with van der Waals surface area (Å²) in [6.07, 6.45) is 1.55. The first-order valence-electron chi connectivity index (χ1n) is 6.02. The van der Waals surface area contributed by atoms with Crippen molar-refractivity contribution in [3.8, 4) is 11.5 Å². The second-order valence-electron chi connectivity index (χ2n) is 4.18. The number of nitrogens with zero attached hydrogens (tertiary/aromatic N) is 1. The van der Waals surface area contributed by atoms with Crippen LogP contribution < -0.4 is 14.9 Å². The molecule has 102 valence electrons. The Bertz CT molecular complexity index is 662. The summed E-state index contributed by atoms with van der Waals surface area (Å²) in [6, 6.07) is 8.50. The Morgan fingerprint density at radius 2 is 2.10 bits per heavy atom. The lowest BCUT2D eigenvalue weighted by atomic mass is 10.2. The number of ether oxygens (including phenoxy) is 2. The van der Waals surface area contributed by atoms with E-state index in [1.54, 1.807) is 43.5 Å². The first kappa shape index (κ1) is 12.3. The van der Waals surface area contributed by atoms with E-state index in [1.165, 1.54) is 0 Å². The fourth-order valence-corrected chi connectivity index (χ4v) is 1.78. The minimum Gasteiger partial charge on any atom is -0.463 e. The normalized spacial score (nSPS) is 13.3. The molecule has 0 radical (unpaired) electrons. The molecule has 0 unspecified atom stereocenters. The standard InChI is InChI=1S/C14H12N2O4/c1-9(11-3-2-6-18-11)15-16-14(17)10-4-5-12-13(7-10)20-8-19-12/h2-7H,8H2,1H3,(H,16,17)/b15-9+. The fraction of sp³-hybridized carbons (Fsp3) is 0.143. The summed E-state index contributed by atoms with van der Waals surface area (Å²) in [4.78, 5) is 12.0. The van der Waals surface area contributed by atoms with Gasteiger partial charge in [0.1, 0.15) is 11.5 Å². The van der Waals surface area contributed by atoms with Crippen molar-refractivity contribution >= 4 is 11.6 Å². The molecule has 0 fully saturated rings. The molecule has 1 aromatic carbocycles. The number of hydrogen-bond acceptors (Lipinski definition) is 5. The molecule has 2 aromatic rings. The second kappa shape index (κ2) is 5.08. The van der Waals surface area contributed by atoms with Crippen molar-refractivity contribution in [2.75, 3.05) is 6.79 Å². The highest BCUT2D eigenvalue weighted by Crippen LogP contribution is 2.32. The van der Waals surface area contributed by atoms with E-state index >= 15 is 0 Å². The van der Waals surface area contributed by atoms with Gasteiger partial charge in [-0.1, -0.05) is 0 Å². The van der Waals surface area contributed by atoms with Crippen LogP contribution in [0.25, 0.3) is 0 Å². The molecule has 20 heavy (non-hydrogen) atoms. The predicted octanol–water partition coefficient (Wildman–Crippen LogP) is 2.16. The highest BCUT2D eigenvalue weighted by Gasteiger charge is 2.16. The van der Waals surface area contributed by atoms with Gasteiger partial charge >= 0.3 is 0 Å². The zero-order valence-corrected chi connectivity index (χ0v) is 10.8. The van der Waals surface area contributed by atoms with E-state index in [-0.39, 0.29) is 12.7 Å². The minimum absolute atomic E-state index is 0.177. The molecular formula is C14H12N2O4. The third-order valence-electron chi connectivity index (χ3n) is 2.84. The topological polar surface area (TPSA) is 73.1 Å². The lowest BCUT2D eigenvalue weighted by Gasteiger charge is -2.02. The molecule has 0 aliphatic carbocycles. The van der Waals surface area contributed by atoms with Gasteiger partial charge in [0.2, 0.25) is 6.79 Å². The van der Waals surface area contributed by atoms with Crippen molar-refractivity contribution < 1.29 is 18.7 Å². The van der Waals surface area contributed by atoms with Crippen molar-refractivity contribution in [2.24, 2.45) is 5.10 Å². The number of carbonyl (C=O) groups is 1. The Labute approximate surface area is 115 Å². The first-order valence-corrected chi connectivity index (χ1v) is 6.02. The lowest BCUT2D eigenvalue weighted by Crippen LogP contribution is -2.19. The van der Waals surface area contributed by atoms with Crippen molar-refractivity contribution in [1.29, 1.82) is 0 Å². The van der Waals surface area contributed by atoms with Gasteiger partial charge in [-0.2, -0.15) is 5.10 Å². The number of furan rings is 1. The maximum absolute atomic E-state index is 12.0. The van der Waals surface area contributed by atoms with Crippen LogP contribution >= 0.6 is 0 Å². The summed E-state index contributed by atoms with van der Waals surface area (Å²) in [6.45, 7) is 1.93. The average Bonchev–Trinajstić information content (AvgIpc) is 3.13. The number of carbonyl (C=O) groups excluding carboxylic acids is 1. The van der Waals surface area contributed by atoms with Gasteiger partial charge in [0.25, 0.3) is 5.91 Å². The van der Waals surface area contributed by atoms with Gasteiger partial charge in [0, 0.05) is 5.56 Å². The molecule has 6 heteroatoms. The number of rotatable bonds is 3. The Balaban J connectivity index is 1.72. The summed E-state index contributed by atoms with van der Waals surface area (Å²) in [5, 5.41) is 3.99. The van der Waals surface area contributed by atoms with Crippen molar-refractivity contribution in [3.05, 3.63) is 47.9 Å². The smallest absolute Gasteiger partial charge is 0.271 e. The van der Waals surface area contributed by atoms with Crippen LogP contribution in [0, 0.1) is 0 Å². The SMILES string of the molecule is C/C(=N\NC(=O)c1ccc2c(c1)OCO2)c1ccco1. The zero-order valence-electron chi connectivity index (χ0n) is 10.8. The predicted molar refractivity (Wildman–Crippen MR) is 71.0 cm³/mol. The number of hydrazone groups is 1. The van der Waals surface area contributed by atoms with Crippen LogP contribution in [0.1, 0.15) is 23.0 Å². The van der Waals surface area contributed by atoms with Crippen molar-refractivity contribution in [3.63, 3.8) is 0 Å². The molecule has 0 saturated carbocycles. The molecule has 0 spiro atoms. The third-order valence-corrected chi connectivity index (χ3v) is 2.84. The number of nitrogens with one attached hydrogen (secondary N) is 1. The minimum atomic E-state index is -0.325. The van der Waals surface area contributed by atoms with Gasteiger partial charge in [-0.3, -0.25) is 4.79 Å². The summed E-state index contributed by atoms with van der Waals surface area (Å²) in [5.74, 6) is 1.48. The van der Waals surface area contributed by atoms with Crippen LogP contribution in [-0.2, 0) is 0 Å². The van der Waals surface area contributed by atoms with Gasteiger partial charge in [-0.25, -0.2) is 5.43 Å². The van der Waals surface area contributed by atoms with E-state index in [9.17, 15) is 4.79 Å². The van der Waals surface area contributed by atoms with Crippen LogP contribution in [0.15, 0.2) is 46.1 Å². The van der Waals surface area contributed by atoms with Gasteiger partial charge in [-0.15, -0.1) is 0 Å². The van der Waals surface area contributed by atoms with E-state index in [0.717, 1.165) is 0 Å². The van der Waals surface area contributed by atoms with Gasteiger partial charge < -0.3 is 13.9 Å². The molecule has 0 saturated heterocycles. The largest absolute Gasteiger partial charge is 0.463 e. The quantitative estimate of drug-likeness (QED) is 0.686. The highest BCUT2D eigenvalue weighted by molar-refractivity contribution is 5.99. The van der Waals surface area contributed by atoms with Gasteiger partial charge in [-0.05, 0) is 37.3 Å². The molecule has 1 aromatic heterocycles. The van der Waals surface area contributed by atoms with Crippen LogP contribution in [0.3, 0.4) is 0 Å². The van der Waals surface area contributed by atoms with E-state index in [1.807, 2.05) is 0 Å². The highest BCUT2D eigenvalue weighted by atomic mass is 16.7. The van der Waals surface area contributed by atoms with Crippen LogP contribution in [0.5, 0.6) is 11.5 Å². The Morgan fingerprint density at radius 3 is 2.90 bits per heavy atom. The molecule has 1 N–H and O–H groups in total. The molecule has 6 nitrogen and oxygen atoms in total. The monoisotopic (exact) mass is 272 g/mol. The van der Waals surface area contributed by atoms with Crippen molar-refractivity contribution in [2.45, 2.75) is 6.92 Å². The maximum Gasteiger partial charge on any atom is 0.271 e. The molecule has 3 rings (SSSR count). The third kappa shape index (κ3) is 2.35. The molecule has 0 bridgehead atoms. The summed E-state index contributed by atoms with van der Waals surface area (Å²) in [7, 11) is 0. The summed E-state index contributed by atoms with van der Waals surface area (Å²) in [5.41, 5.74) is 3.51. The Morgan fingerprint density at radius 1 is 1.25 bits per heavy atom. The summed E-state index contributed by atoms with van der Waals surface area (Å²) >= 11 is 0. The fourth-order valence-electron chi connectivity index (χ4n) is 1.78.